The highest BCUT2D eigenvalue weighted by molar-refractivity contribution is 6.49. The Morgan fingerprint density at radius 1 is 1.33 bits per heavy atom. The summed E-state index contributed by atoms with van der Waals surface area (Å²) in [5.41, 5.74) is 13.7. The van der Waals surface area contributed by atoms with E-state index < -0.39 is 17.9 Å². The number of rotatable bonds is 7. The Morgan fingerprint density at radius 2 is 2.03 bits per heavy atom. The van der Waals surface area contributed by atoms with Gasteiger partial charge >= 0.3 is 5.97 Å². The number of nitrogens with zero attached hydrogens (tertiary/aromatic N) is 2. The molecule has 1 heterocycles. The first kappa shape index (κ1) is 22.5. The number of carbonyl (C=O) groups excluding carboxylic acids is 2. The van der Waals surface area contributed by atoms with Crippen LogP contribution in [0, 0.1) is 5.82 Å². The summed E-state index contributed by atoms with van der Waals surface area (Å²) in [6.45, 7) is 3.25. The van der Waals surface area contributed by atoms with Gasteiger partial charge in [-0.3, -0.25) is 9.79 Å². The van der Waals surface area contributed by atoms with Crippen LogP contribution in [-0.2, 0) is 9.53 Å². The van der Waals surface area contributed by atoms with Crippen molar-refractivity contribution in [1.29, 1.82) is 0 Å². The van der Waals surface area contributed by atoms with Crippen LogP contribution in [0.2, 0.25) is 0 Å². The van der Waals surface area contributed by atoms with E-state index in [0.29, 0.717) is 23.1 Å². The first-order valence-electron chi connectivity index (χ1n) is 8.92. The Bertz CT molecular complexity index is 1030. The van der Waals surface area contributed by atoms with Gasteiger partial charge in [0.05, 0.1) is 12.7 Å². The number of anilines is 1. The summed E-state index contributed by atoms with van der Waals surface area (Å²) in [4.78, 5) is 31.4. The molecule has 0 spiro atoms. The van der Waals surface area contributed by atoms with Crippen molar-refractivity contribution in [2.75, 3.05) is 19.9 Å². The van der Waals surface area contributed by atoms with E-state index in [9.17, 15) is 14.0 Å². The molecule has 9 heteroatoms. The van der Waals surface area contributed by atoms with Crippen LogP contribution in [-0.4, -0.2) is 37.1 Å². The molecule has 0 aliphatic rings. The van der Waals surface area contributed by atoms with E-state index in [1.165, 1.54) is 32.5 Å². The second-order valence-electron chi connectivity index (χ2n) is 6.38. The number of ether oxygens (including phenoxy) is 2. The number of nitrogen functional groups attached to an aromatic ring is 1. The zero-order valence-corrected chi connectivity index (χ0v) is 17.1. The number of aromatic nitrogens is 1. The predicted octanol–water partition coefficient (Wildman–Crippen LogP) is 2.69. The highest BCUT2D eigenvalue weighted by atomic mass is 19.1. The van der Waals surface area contributed by atoms with Gasteiger partial charge in [-0.1, -0.05) is 0 Å². The van der Waals surface area contributed by atoms with Gasteiger partial charge in [0.1, 0.15) is 17.6 Å². The van der Waals surface area contributed by atoms with Crippen LogP contribution in [0.5, 0.6) is 5.75 Å². The minimum absolute atomic E-state index is 0.0664. The highest BCUT2D eigenvalue weighted by Gasteiger charge is 2.21. The molecule has 1 aromatic carbocycles. The summed E-state index contributed by atoms with van der Waals surface area (Å²) in [5.74, 6) is -0.928. The smallest absolute Gasteiger partial charge is 0.338 e. The number of aliphatic imine (C=N–C) groups is 1. The molecule has 0 aliphatic carbocycles. The Labute approximate surface area is 173 Å². The highest BCUT2D eigenvalue weighted by Crippen LogP contribution is 2.31. The molecule has 1 aromatic heterocycles. The van der Waals surface area contributed by atoms with E-state index in [4.69, 9.17) is 20.9 Å². The lowest BCUT2D eigenvalue weighted by Gasteiger charge is -2.19. The quantitative estimate of drug-likeness (QED) is 0.405. The maximum Gasteiger partial charge on any atom is 0.338 e. The number of aldehydes is 1. The van der Waals surface area contributed by atoms with Gasteiger partial charge in [-0.15, -0.1) is 0 Å². The fourth-order valence-corrected chi connectivity index (χ4v) is 2.91. The summed E-state index contributed by atoms with van der Waals surface area (Å²) in [5, 5.41) is 0. The summed E-state index contributed by atoms with van der Waals surface area (Å²) in [6.07, 6.45) is 1.25. The van der Waals surface area contributed by atoms with E-state index >= 15 is 0 Å². The molecule has 0 saturated heterocycles. The number of nitrogens with two attached hydrogens (primary N) is 2. The van der Waals surface area contributed by atoms with Crippen LogP contribution < -0.4 is 16.2 Å². The fraction of sp³-hybridized carbons (Fsp3) is 0.238. The van der Waals surface area contributed by atoms with Crippen LogP contribution in [0.4, 0.5) is 10.2 Å². The summed E-state index contributed by atoms with van der Waals surface area (Å²) < 4.78 is 24.4. The average molecular weight is 414 g/mol. The summed E-state index contributed by atoms with van der Waals surface area (Å²) in [6, 6.07) is 5.22. The molecule has 4 N–H and O–H groups in total. The molecule has 158 valence electrons. The minimum atomic E-state index is -0.772. The fourth-order valence-electron chi connectivity index (χ4n) is 2.91. The van der Waals surface area contributed by atoms with Crippen molar-refractivity contribution in [2.45, 2.75) is 20.0 Å². The van der Waals surface area contributed by atoms with Crippen molar-refractivity contribution in [3.63, 3.8) is 0 Å². The summed E-state index contributed by atoms with van der Waals surface area (Å²) in [7, 11) is 2.70. The molecule has 2 aromatic rings. The van der Waals surface area contributed by atoms with E-state index in [2.05, 4.69) is 9.98 Å². The van der Waals surface area contributed by atoms with Gasteiger partial charge in [-0.05, 0) is 38.1 Å². The van der Waals surface area contributed by atoms with Crippen molar-refractivity contribution in [1.82, 2.24) is 4.98 Å². The molecule has 0 saturated carbocycles. The van der Waals surface area contributed by atoms with E-state index in [-0.39, 0.29) is 28.4 Å². The maximum absolute atomic E-state index is 13.8. The molecule has 1 unspecified atom stereocenters. The Hall–Kier alpha value is -3.75. The average Bonchev–Trinajstić information content (AvgIpc) is 2.72. The molecule has 0 amide bonds. The van der Waals surface area contributed by atoms with Crippen LogP contribution in [0.15, 0.2) is 41.2 Å². The van der Waals surface area contributed by atoms with Gasteiger partial charge in [-0.25, -0.2) is 14.2 Å². The molecular formula is C21H23FN4O4. The minimum Gasteiger partial charge on any atom is -0.482 e. The van der Waals surface area contributed by atoms with Crippen LogP contribution in [0.25, 0.3) is 5.57 Å². The molecule has 0 radical (unpaired) electrons. The van der Waals surface area contributed by atoms with Gasteiger partial charge < -0.3 is 20.9 Å². The molecule has 0 aliphatic heterocycles. The lowest BCUT2D eigenvalue weighted by molar-refractivity contribution is -0.102. The molecule has 0 bridgehead atoms. The maximum atomic E-state index is 13.8. The second-order valence-corrected chi connectivity index (χ2v) is 6.38. The van der Waals surface area contributed by atoms with Gasteiger partial charge in [0.15, 0.2) is 17.9 Å². The van der Waals surface area contributed by atoms with Gasteiger partial charge in [0, 0.05) is 35.6 Å². The Morgan fingerprint density at radius 3 is 2.60 bits per heavy atom. The molecular weight excluding hydrogens is 391 g/mol. The normalized spacial score (nSPS) is 13.3. The standard InChI is InChI=1S/C21H23FN4O4/c1-11(23)19(17(10-27)25-3)13-7-18(20(24)26-9-13)30-12(2)16-8-14(22)5-6-15(16)21(28)29-4/h5-10,12H,23H2,1-4H3,(H2,24,26)/b19-11-,25-17?. The number of carbonyl (C=O) groups is 2. The van der Waals surface area contributed by atoms with Crippen LogP contribution >= 0.6 is 0 Å². The topological polar surface area (TPSA) is 130 Å². The Kier molecular flexibility index (Phi) is 7.24. The number of hydrogen-bond acceptors (Lipinski definition) is 8. The lowest BCUT2D eigenvalue weighted by Crippen LogP contribution is -2.14. The zero-order valence-electron chi connectivity index (χ0n) is 17.1. The third-order valence-electron chi connectivity index (χ3n) is 4.33. The van der Waals surface area contributed by atoms with E-state index in [1.807, 2.05) is 0 Å². The molecule has 30 heavy (non-hydrogen) atoms. The zero-order chi connectivity index (χ0) is 22.4. The van der Waals surface area contributed by atoms with Crippen molar-refractivity contribution in [3.05, 3.63) is 58.7 Å². The first-order valence-corrected chi connectivity index (χ1v) is 8.92. The number of allylic oxidation sites excluding steroid dienone is 2. The van der Waals surface area contributed by atoms with Crippen molar-refractivity contribution < 1.29 is 23.5 Å². The molecule has 0 fully saturated rings. The SMILES string of the molecule is CN=C(C=O)/C(=C(/C)N)c1cnc(N)c(OC(C)c2cc(F)ccc2C(=O)OC)c1. The van der Waals surface area contributed by atoms with Crippen molar-refractivity contribution >= 4 is 29.4 Å². The number of methoxy groups -OCH3 is 1. The third-order valence-corrected chi connectivity index (χ3v) is 4.33. The van der Waals surface area contributed by atoms with Crippen LogP contribution in [0.3, 0.4) is 0 Å². The first-order chi connectivity index (χ1) is 14.2. The van der Waals surface area contributed by atoms with Crippen molar-refractivity contribution in [3.8, 4) is 5.75 Å². The number of esters is 1. The molecule has 1 atom stereocenters. The van der Waals surface area contributed by atoms with Gasteiger partial charge in [0.25, 0.3) is 0 Å². The monoisotopic (exact) mass is 414 g/mol. The number of pyridine rings is 1. The largest absolute Gasteiger partial charge is 0.482 e. The third kappa shape index (κ3) is 4.80. The molecule has 8 nitrogen and oxygen atoms in total. The van der Waals surface area contributed by atoms with Gasteiger partial charge in [-0.2, -0.15) is 0 Å². The Balaban J connectivity index is 2.49. The summed E-state index contributed by atoms with van der Waals surface area (Å²) >= 11 is 0. The number of hydrogen-bond donors (Lipinski definition) is 2. The molecule has 2 rings (SSSR count). The second kappa shape index (κ2) is 9.64. The van der Waals surface area contributed by atoms with Crippen molar-refractivity contribution in [2.24, 2.45) is 10.7 Å². The van der Waals surface area contributed by atoms with E-state index in [1.54, 1.807) is 19.9 Å². The lowest BCUT2D eigenvalue weighted by atomic mass is 10.0. The number of halogens is 1. The predicted molar refractivity (Wildman–Crippen MR) is 112 cm³/mol. The van der Waals surface area contributed by atoms with Gasteiger partial charge in [0.2, 0.25) is 0 Å². The number of benzene rings is 1. The van der Waals surface area contributed by atoms with Crippen LogP contribution in [0.1, 0.15) is 41.4 Å². The van der Waals surface area contributed by atoms with E-state index in [0.717, 1.165) is 6.07 Å².